The Bertz CT molecular complexity index is 1140. The monoisotopic (exact) mass is 489 g/mol. The number of ether oxygens (including phenoxy) is 1. The number of nitrogens with zero attached hydrogens (tertiary/aromatic N) is 2. The second-order valence-corrected chi connectivity index (χ2v) is 8.76. The molecule has 1 fully saturated rings. The van der Waals surface area contributed by atoms with Crippen LogP contribution < -0.4 is 10.2 Å². The van der Waals surface area contributed by atoms with Crippen LogP contribution >= 0.6 is 0 Å². The highest BCUT2D eigenvalue weighted by Crippen LogP contribution is 2.30. The number of fused-ring (bicyclic) bond motifs is 1. The molecule has 0 unspecified atom stereocenters. The minimum Gasteiger partial charge on any atom is -0.442 e. The summed E-state index contributed by atoms with van der Waals surface area (Å²) in [6.07, 6.45) is -4.29. The van der Waals surface area contributed by atoms with Gasteiger partial charge in [0.05, 0.1) is 25.1 Å². The van der Waals surface area contributed by atoms with Crippen molar-refractivity contribution in [2.45, 2.75) is 38.5 Å². The largest absolute Gasteiger partial charge is 0.442 e. The molecule has 1 saturated heterocycles. The highest BCUT2D eigenvalue weighted by molar-refractivity contribution is 5.90. The van der Waals surface area contributed by atoms with Crippen LogP contribution in [0.25, 0.3) is 0 Å². The summed E-state index contributed by atoms with van der Waals surface area (Å²) in [5.41, 5.74) is 2.32. The second kappa shape index (κ2) is 9.97. The minimum atomic E-state index is -4.45. The third kappa shape index (κ3) is 5.93. The second-order valence-electron chi connectivity index (χ2n) is 8.76. The highest BCUT2D eigenvalue weighted by Gasteiger charge is 2.33. The number of hydrogen-bond donors (Lipinski definition) is 1. The maximum atomic E-state index is 13.0. The van der Waals surface area contributed by atoms with Gasteiger partial charge in [0.25, 0.3) is 0 Å². The number of nitrogens with one attached hydrogen (secondary N) is 1. The lowest BCUT2D eigenvalue weighted by molar-refractivity contribution is -0.138. The molecule has 35 heavy (non-hydrogen) atoms. The molecule has 0 aliphatic carbocycles. The number of amides is 3. The maximum Gasteiger partial charge on any atom is 0.416 e. The molecule has 2 aromatic carbocycles. The van der Waals surface area contributed by atoms with Crippen LogP contribution in [0.15, 0.2) is 42.5 Å². The molecule has 0 radical (unpaired) electrons. The molecular weight excluding hydrogens is 463 g/mol. The first kappa shape index (κ1) is 24.6. The smallest absolute Gasteiger partial charge is 0.416 e. The zero-order valence-corrected chi connectivity index (χ0v) is 19.2. The van der Waals surface area contributed by atoms with E-state index in [1.54, 1.807) is 4.90 Å². The lowest BCUT2D eigenvalue weighted by Gasteiger charge is -2.20. The maximum absolute atomic E-state index is 13.0. The molecule has 3 amide bonds. The Balaban J connectivity index is 1.39. The summed E-state index contributed by atoms with van der Waals surface area (Å²) in [6, 6.07) is 10.5. The Morgan fingerprint density at radius 1 is 1.09 bits per heavy atom. The Morgan fingerprint density at radius 3 is 2.54 bits per heavy atom. The van der Waals surface area contributed by atoms with Crippen LogP contribution in [0.2, 0.25) is 0 Å². The summed E-state index contributed by atoms with van der Waals surface area (Å²) < 4.78 is 44.3. The first-order chi connectivity index (χ1) is 16.6. The number of rotatable bonds is 5. The van der Waals surface area contributed by atoms with Gasteiger partial charge in [0, 0.05) is 25.7 Å². The van der Waals surface area contributed by atoms with Gasteiger partial charge in [-0.2, -0.15) is 13.2 Å². The fourth-order valence-electron chi connectivity index (χ4n) is 4.37. The molecular formula is C25H26F3N3O4. The van der Waals surface area contributed by atoms with Gasteiger partial charge < -0.3 is 15.0 Å². The van der Waals surface area contributed by atoms with Crippen LogP contribution in [0.3, 0.4) is 0 Å². The van der Waals surface area contributed by atoms with Crippen LogP contribution in [0.1, 0.15) is 29.2 Å². The van der Waals surface area contributed by atoms with E-state index in [-0.39, 0.29) is 24.8 Å². The SMILES string of the molecule is CC(=O)NC[C@H]1CN(c2ccc3c(c2)CCN(C(=O)Cc2cccc(C(F)(F)F)c2)CC3)C(=O)O1. The normalized spacial score (nSPS) is 18.1. The summed E-state index contributed by atoms with van der Waals surface area (Å²) in [5, 5.41) is 2.65. The van der Waals surface area contributed by atoms with Gasteiger partial charge >= 0.3 is 12.3 Å². The van der Waals surface area contributed by atoms with Gasteiger partial charge in [-0.1, -0.05) is 24.3 Å². The predicted molar refractivity (Wildman–Crippen MR) is 122 cm³/mol. The van der Waals surface area contributed by atoms with E-state index in [0.717, 1.165) is 23.3 Å². The molecule has 0 spiro atoms. The third-order valence-electron chi connectivity index (χ3n) is 6.22. The summed E-state index contributed by atoms with van der Waals surface area (Å²) >= 11 is 0. The number of benzene rings is 2. The lowest BCUT2D eigenvalue weighted by atomic mass is 10.0. The van der Waals surface area contributed by atoms with E-state index < -0.39 is 23.9 Å². The van der Waals surface area contributed by atoms with Gasteiger partial charge in [-0.15, -0.1) is 0 Å². The van der Waals surface area contributed by atoms with E-state index in [0.29, 0.717) is 43.7 Å². The molecule has 2 aliphatic rings. The van der Waals surface area contributed by atoms with Gasteiger partial charge in [0.1, 0.15) is 6.10 Å². The molecule has 7 nitrogen and oxygen atoms in total. The lowest BCUT2D eigenvalue weighted by Crippen LogP contribution is -2.34. The predicted octanol–water partition coefficient (Wildman–Crippen LogP) is 3.34. The van der Waals surface area contributed by atoms with Crippen molar-refractivity contribution < 1.29 is 32.3 Å². The number of halogens is 3. The van der Waals surface area contributed by atoms with Crippen LogP contribution in [0.4, 0.5) is 23.7 Å². The molecule has 0 saturated carbocycles. The Hall–Kier alpha value is -3.56. The number of carbonyl (C=O) groups is 3. The van der Waals surface area contributed by atoms with Crippen molar-refractivity contribution >= 4 is 23.6 Å². The van der Waals surface area contributed by atoms with Crippen molar-refractivity contribution in [3.8, 4) is 0 Å². The first-order valence-electron chi connectivity index (χ1n) is 11.4. The number of cyclic esters (lactones) is 1. The van der Waals surface area contributed by atoms with Gasteiger partial charge in [-0.3, -0.25) is 14.5 Å². The third-order valence-corrected chi connectivity index (χ3v) is 6.22. The van der Waals surface area contributed by atoms with E-state index in [9.17, 15) is 27.6 Å². The van der Waals surface area contributed by atoms with Crippen LogP contribution in [0.5, 0.6) is 0 Å². The average molecular weight is 489 g/mol. The van der Waals surface area contributed by atoms with Crippen molar-refractivity contribution in [2.24, 2.45) is 0 Å². The number of hydrogen-bond acceptors (Lipinski definition) is 4. The summed E-state index contributed by atoms with van der Waals surface area (Å²) in [5.74, 6) is -0.419. The summed E-state index contributed by atoms with van der Waals surface area (Å²) in [7, 11) is 0. The van der Waals surface area contributed by atoms with E-state index in [4.69, 9.17) is 4.74 Å². The molecule has 0 aromatic heterocycles. The first-order valence-corrected chi connectivity index (χ1v) is 11.4. The molecule has 4 rings (SSSR count). The zero-order valence-electron chi connectivity index (χ0n) is 19.2. The Kier molecular flexibility index (Phi) is 7.00. The van der Waals surface area contributed by atoms with E-state index >= 15 is 0 Å². The van der Waals surface area contributed by atoms with Crippen molar-refractivity contribution in [3.63, 3.8) is 0 Å². The Labute approximate surface area is 200 Å². The number of anilines is 1. The molecule has 10 heteroatoms. The molecule has 1 atom stereocenters. The fraction of sp³-hybridized carbons (Fsp3) is 0.400. The average Bonchev–Trinajstić information content (AvgIpc) is 3.04. The molecule has 186 valence electrons. The van der Waals surface area contributed by atoms with Crippen LogP contribution in [-0.4, -0.2) is 55.1 Å². The number of alkyl halides is 3. The molecule has 1 N–H and O–H groups in total. The molecule has 2 heterocycles. The van der Waals surface area contributed by atoms with Crippen molar-refractivity contribution in [1.82, 2.24) is 10.2 Å². The topological polar surface area (TPSA) is 79.0 Å². The number of carbonyl (C=O) groups excluding carboxylic acids is 3. The van der Waals surface area contributed by atoms with Crippen molar-refractivity contribution in [1.29, 1.82) is 0 Å². The van der Waals surface area contributed by atoms with Gasteiger partial charge in [-0.05, 0) is 47.7 Å². The van der Waals surface area contributed by atoms with E-state index in [1.807, 2.05) is 18.2 Å². The quantitative estimate of drug-likeness (QED) is 0.699. The standard InChI is InChI=1S/C25H26F3N3O4/c1-16(32)29-14-22-15-31(24(34)35-22)21-6-5-18-7-9-30(10-8-19(18)13-21)23(33)12-17-3-2-4-20(11-17)25(26,27)28/h2-6,11,13,22H,7-10,12,14-15H2,1H3,(H,29,32)/t22-/m0/s1. The molecule has 2 aromatic rings. The summed E-state index contributed by atoms with van der Waals surface area (Å²) in [6.45, 7) is 2.86. The molecule has 2 aliphatic heterocycles. The van der Waals surface area contributed by atoms with E-state index in [1.165, 1.54) is 24.0 Å². The van der Waals surface area contributed by atoms with Crippen LogP contribution in [-0.2, 0) is 39.8 Å². The fourth-order valence-corrected chi connectivity index (χ4v) is 4.37. The van der Waals surface area contributed by atoms with Crippen molar-refractivity contribution in [3.05, 3.63) is 64.7 Å². The zero-order chi connectivity index (χ0) is 25.2. The summed E-state index contributed by atoms with van der Waals surface area (Å²) in [4.78, 5) is 39.5. The Morgan fingerprint density at radius 2 is 1.83 bits per heavy atom. The van der Waals surface area contributed by atoms with Gasteiger partial charge in [0.2, 0.25) is 11.8 Å². The highest BCUT2D eigenvalue weighted by atomic mass is 19.4. The van der Waals surface area contributed by atoms with Gasteiger partial charge in [-0.25, -0.2) is 4.79 Å². The minimum absolute atomic E-state index is 0.0964. The van der Waals surface area contributed by atoms with E-state index in [2.05, 4.69) is 5.32 Å². The van der Waals surface area contributed by atoms with Crippen molar-refractivity contribution in [2.75, 3.05) is 31.1 Å². The van der Waals surface area contributed by atoms with Gasteiger partial charge in [0.15, 0.2) is 0 Å². The van der Waals surface area contributed by atoms with Crippen LogP contribution in [0, 0.1) is 0 Å². The molecule has 0 bridgehead atoms.